The van der Waals surface area contributed by atoms with Crippen LogP contribution in [0.25, 0.3) is 0 Å². The molecular formula is C18H21NO. The van der Waals surface area contributed by atoms with E-state index in [0.29, 0.717) is 12.1 Å². The van der Waals surface area contributed by atoms with Gasteiger partial charge in [0.05, 0.1) is 6.61 Å². The third-order valence-corrected chi connectivity index (χ3v) is 3.95. The van der Waals surface area contributed by atoms with Gasteiger partial charge in [-0.2, -0.15) is 0 Å². The van der Waals surface area contributed by atoms with Crippen LogP contribution in [-0.4, -0.2) is 6.61 Å². The fourth-order valence-electron chi connectivity index (χ4n) is 2.85. The lowest BCUT2D eigenvalue weighted by Crippen LogP contribution is -2.29. The summed E-state index contributed by atoms with van der Waals surface area (Å²) in [6.45, 7) is 5.15. The second kappa shape index (κ2) is 5.68. The number of rotatable bonds is 3. The molecular weight excluding hydrogens is 246 g/mol. The van der Waals surface area contributed by atoms with E-state index < -0.39 is 0 Å². The van der Waals surface area contributed by atoms with Gasteiger partial charge in [0.2, 0.25) is 0 Å². The molecule has 2 atom stereocenters. The van der Waals surface area contributed by atoms with E-state index in [-0.39, 0.29) is 0 Å². The zero-order valence-electron chi connectivity index (χ0n) is 12.1. The van der Waals surface area contributed by atoms with Crippen LogP contribution in [-0.2, 0) is 0 Å². The van der Waals surface area contributed by atoms with Crippen LogP contribution in [0.3, 0.4) is 0 Å². The summed E-state index contributed by atoms with van der Waals surface area (Å²) in [7, 11) is 0. The molecule has 2 heteroatoms. The van der Waals surface area contributed by atoms with E-state index in [1.165, 1.54) is 16.7 Å². The first kappa shape index (κ1) is 13.2. The number of hydrogen-bond acceptors (Lipinski definition) is 2. The predicted octanol–water partition coefficient (Wildman–Crippen LogP) is 4.17. The van der Waals surface area contributed by atoms with Gasteiger partial charge in [0.25, 0.3) is 0 Å². The first-order chi connectivity index (χ1) is 9.74. The number of hydrogen-bond donors (Lipinski definition) is 1. The van der Waals surface area contributed by atoms with Gasteiger partial charge in [-0.25, -0.2) is 0 Å². The minimum Gasteiger partial charge on any atom is -0.493 e. The van der Waals surface area contributed by atoms with Gasteiger partial charge in [-0.05, 0) is 25.5 Å². The standard InChI is InChI=1S/C18H21NO/c1-13-6-5-7-15(12-13)14(2)19-17-10-11-20-18-9-4-3-8-16(17)18/h3-9,12,14,17,19H,10-11H2,1-2H3/t14-,17?/m0/s1. The molecule has 1 aliphatic rings. The quantitative estimate of drug-likeness (QED) is 0.901. The predicted molar refractivity (Wildman–Crippen MR) is 82.0 cm³/mol. The van der Waals surface area contributed by atoms with Crippen LogP contribution in [0.1, 0.15) is 42.1 Å². The number of aryl methyl sites for hydroxylation is 1. The maximum absolute atomic E-state index is 5.72. The molecule has 0 saturated carbocycles. The summed E-state index contributed by atoms with van der Waals surface area (Å²) < 4.78 is 5.72. The maximum atomic E-state index is 5.72. The van der Waals surface area contributed by atoms with Gasteiger partial charge in [-0.3, -0.25) is 0 Å². The van der Waals surface area contributed by atoms with Crippen molar-refractivity contribution in [2.24, 2.45) is 0 Å². The lowest BCUT2D eigenvalue weighted by molar-refractivity contribution is 0.246. The lowest BCUT2D eigenvalue weighted by atomic mass is 9.98. The Kier molecular flexibility index (Phi) is 3.75. The molecule has 2 aromatic carbocycles. The van der Waals surface area contributed by atoms with Gasteiger partial charge in [0.1, 0.15) is 5.75 Å². The molecule has 0 saturated heterocycles. The van der Waals surface area contributed by atoms with Crippen molar-refractivity contribution in [2.45, 2.75) is 32.4 Å². The molecule has 1 N–H and O–H groups in total. The van der Waals surface area contributed by atoms with E-state index in [9.17, 15) is 0 Å². The minimum atomic E-state index is 0.339. The van der Waals surface area contributed by atoms with Gasteiger partial charge in [0.15, 0.2) is 0 Å². The van der Waals surface area contributed by atoms with Gasteiger partial charge in [-0.15, -0.1) is 0 Å². The van der Waals surface area contributed by atoms with Crippen LogP contribution in [0.2, 0.25) is 0 Å². The SMILES string of the molecule is Cc1cccc([C@H](C)NC2CCOc3ccccc32)c1. The second-order valence-corrected chi connectivity index (χ2v) is 5.53. The lowest BCUT2D eigenvalue weighted by Gasteiger charge is -2.29. The highest BCUT2D eigenvalue weighted by Crippen LogP contribution is 2.33. The Hall–Kier alpha value is -1.80. The van der Waals surface area contributed by atoms with Crippen LogP contribution in [0.5, 0.6) is 5.75 Å². The van der Waals surface area contributed by atoms with Crippen LogP contribution in [0, 0.1) is 6.92 Å². The third-order valence-electron chi connectivity index (χ3n) is 3.95. The summed E-state index contributed by atoms with van der Waals surface area (Å²) in [5.41, 5.74) is 3.93. The van der Waals surface area contributed by atoms with E-state index in [1.54, 1.807) is 0 Å². The van der Waals surface area contributed by atoms with Crippen molar-refractivity contribution in [3.63, 3.8) is 0 Å². The largest absolute Gasteiger partial charge is 0.493 e. The molecule has 0 amide bonds. The van der Waals surface area contributed by atoms with Crippen molar-refractivity contribution in [1.29, 1.82) is 0 Å². The summed E-state index contributed by atoms with van der Waals surface area (Å²) in [6.07, 6.45) is 1.02. The molecule has 0 bridgehead atoms. The van der Waals surface area contributed by atoms with Crippen molar-refractivity contribution in [2.75, 3.05) is 6.61 Å². The summed E-state index contributed by atoms with van der Waals surface area (Å²) in [5, 5.41) is 3.74. The van der Waals surface area contributed by atoms with Crippen molar-refractivity contribution < 1.29 is 4.74 Å². The molecule has 0 aromatic heterocycles. The second-order valence-electron chi connectivity index (χ2n) is 5.53. The van der Waals surface area contributed by atoms with E-state index in [4.69, 9.17) is 4.74 Å². The zero-order chi connectivity index (χ0) is 13.9. The Labute approximate surface area is 120 Å². The van der Waals surface area contributed by atoms with Crippen molar-refractivity contribution in [1.82, 2.24) is 5.32 Å². The number of para-hydroxylation sites is 1. The molecule has 1 unspecified atom stereocenters. The molecule has 1 aliphatic heterocycles. The monoisotopic (exact) mass is 267 g/mol. The summed E-state index contributed by atoms with van der Waals surface area (Å²) in [6, 6.07) is 17.8. The highest BCUT2D eigenvalue weighted by atomic mass is 16.5. The summed E-state index contributed by atoms with van der Waals surface area (Å²) >= 11 is 0. The van der Waals surface area contributed by atoms with Crippen molar-refractivity contribution >= 4 is 0 Å². The summed E-state index contributed by atoms with van der Waals surface area (Å²) in [4.78, 5) is 0. The third kappa shape index (κ3) is 2.70. The van der Waals surface area contributed by atoms with Crippen LogP contribution in [0.15, 0.2) is 48.5 Å². The van der Waals surface area contributed by atoms with Gasteiger partial charge >= 0.3 is 0 Å². The molecule has 3 rings (SSSR count). The van der Waals surface area contributed by atoms with E-state index >= 15 is 0 Å². The van der Waals surface area contributed by atoms with E-state index in [1.807, 2.05) is 6.07 Å². The molecule has 0 fully saturated rings. The molecule has 104 valence electrons. The highest BCUT2D eigenvalue weighted by Gasteiger charge is 2.22. The number of nitrogens with one attached hydrogen (secondary N) is 1. The Morgan fingerprint density at radius 1 is 1.15 bits per heavy atom. The van der Waals surface area contributed by atoms with E-state index in [2.05, 4.69) is 61.6 Å². The van der Waals surface area contributed by atoms with Crippen LogP contribution >= 0.6 is 0 Å². The zero-order valence-corrected chi connectivity index (χ0v) is 12.1. The molecule has 2 nitrogen and oxygen atoms in total. The minimum absolute atomic E-state index is 0.339. The Bertz CT molecular complexity index is 593. The fraction of sp³-hybridized carbons (Fsp3) is 0.333. The normalized spacial score (nSPS) is 19.0. The number of fused-ring (bicyclic) bond motifs is 1. The van der Waals surface area contributed by atoms with Crippen LogP contribution in [0.4, 0.5) is 0 Å². The first-order valence-corrected chi connectivity index (χ1v) is 7.28. The molecule has 20 heavy (non-hydrogen) atoms. The summed E-state index contributed by atoms with van der Waals surface area (Å²) in [5.74, 6) is 1.02. The first-order valence-electron chi connectivity index (χ1n) is 7.28. The van der Waals surface area contributed by atoms with Crippen molar-refractivity contribution in [3.05, 3.63) is 65.2 Å². The Morgan fingerprint density at radius 3 is 2.85 bits per heavy atom. The fourth-order valence-corrected chi connectivity index (χ4v) is 2.85. The van der Waals surface area contributed by atoms with E-state index in [0.717, 1.165) is 18.8 Å². The molecule has 0 spiro atoms. The number of ether oxygens (including phenoxy) is 1. The van der Waals surface area contributed by atoms with Gasteiger partial charge in [0, 0.05) is 24.1 Å². The van der Waals surface area contributed by atoms with Gasteiger partial charge < -0.3 is 10.1 Å². The Balaban J connectivity index is 1.79. The topological polar surface area (TPSA) is 21.3 Å². The van der Waals surface area contributed by atoms with Crippen molar-refractivity contribution in [3.8, 4) is 5.75 Å². The molecule has 0 aliphatic carbocycles. The molecule has 1 heterocycles. The number of benzene rings is 2. The maximum Gasteiger partial charge on any atom is 0.124 e. The average Bonchev–Trinajstić information content (AvgIpc) is 2.47. The highest BCUT2D eigenvalue weighted by molar-refractivity contribution is 5.37. The Morgan fingerprint density at radius 2 is 2.00 bits per heavy atom. The molecule has 2 aromatic rings. The smallest absolute Gasteiger partial charge is 0.124 e. The van der Waals surface area contributed by atoms with Crippen LogP contribution < -0.4 is 10.1 Å². The average molecular weight is 267 g/mol. The molecule has 0 radical (unpaired) electrons. The van der Waals surface area contributed by atoms with Gasteiger partial charge in [-0.1, -0.05) is 48.0 Å².